The second-order valence-electron chi connectivity index (χ2n) is 7.04. The van der Waals surface area contributed by atoms with E-state index >= 15 is 0 Å². The maximum atomic E-state index is 12.5. The quantitative estimate of drug-likeness (QED) is 0.624. The van der Waals surface area contributed by atoms with Crippen LogP contribution in [-0.2, 0) is 9.59 Å². The van der Waals surface area contributed by atoms with Crippen LogP contribution in [0.15, 0.2) is 34.9 Å². The highest BCUT2D eigenvalue weighted by Crippen LogP contribution is 2.20. The van der Waals surface area contributed by atoms with Crippen LogP contribution >= 0.6 is 0 Å². The van der Waals surface area contributed by atoms with Crippen molar-refractivity contribution in [3.8, 4) is 0 Å². The summed E-state index contributed by atoms with van der Waals surface area (Å²) < 4.78 is 0. The van der Waals surface area contributed by atoms with Crippen LogP contribution in [0, 0.1) is 11.8 Å². The fourth-order valence-corrected chi connectivity index (χ4v) is 2.81. The molecule has 0 aromatic rings. The fraction of sp³-hybridized carbons (Fsp3) is 0.600. The Bertz CT molecular complexity index is 504. The van der Waals surface area contributed by atoms with Gasteiger partial charge < -0.3 is 0 Å². The van der Waals surface area contributed by atoms with Gasteiger partial charge in [0, 0.05) is 19.3 Å². The summed E-state index contributed by atoms with van der Waals surface area (Å²) in [6.45, 7) is 10.2. The smallest absolute Gasteiger partial charge is 0.163 e. The molecule has 0 amide bonds. The third-order valence-electron chi connectivity index (χ3n) is 4.14. The molecule has 0 aromatic heterocycles. The fourth-order valence-electron chi connectivity index (χ4n) is 2.81. The molecule has 122 valence electrons. The first-order valence-corrected chi connectivity index (χ1v) is 8.37. The van der Waals surface area contributed by atoms with Gasteiger partial charge in [-0.2, -0.15) is 0 Å². The van der Waals surface area contributed by atoms with Gasteiger partial charge in [0.25, 0.3) is 0 Å². The molecule has 22 heavy (non-hydrogen) atoms. The second-order valence-corrected chi connectivity index (χ2v) is 7.04. The molecule has 0 heterocycles. The minimum Gasteiger partial charge on any atom is -0.299 e. The van der Waals surface area contributed by atoms with Crippen molar-refractivity contribution in [1.29, 1.82) is 0 Å². The van der Waals surface area contributed by atoms with Crippen LogP contribution in [0.25, 0.3) is 0 Å². The Kier molecular flexibility index (Phi) is 7.50. The number of hydrogen-bond acceptors (Lipinski definition) is 2. The van der Waals surface area contributed by atoms with Crippen LogP contribution in [0.4, 0.5) is 0 Å². The summed E-state index contributed by atoms with van der Waals surface area (Å²) in [5.74, 6) is 1.10. The van der Waals surface area contributed by atoms with Crippen molar-refractivity contribution in [3.63, 3.8) is 0 Å². The number of rotatable bonds is 1. The van der Waals surface area contributed by atoms with Crippen molar-refractivity contribution >= 4 is 11.6 Å². The molecule has 0 aromatic carbocycles. The van der Waals surface area contributed by atoms with E-state index in [9.17, 15) is 9.59 Å². The van der Waals surface area contributed by atoms with Gasteiger partial charge in [0.1, 0.15) is 5.78 Å². The van der Waals surface area contributed by atoms with Crippen LogP contribution in [0.2, 0.25) is 0 Å². The van der Waals surface area contributed by atoms with Crippen LogP contribution in [-0.4, -0.2) is 11.6 Å². The van der Waals surface area contributed by atoms with E-state index in [1.807, 2.05) is 39.8 Å². The summed E-state index contributed by atoms with van der Waals surface area (Å²) >= 11 is 0. The number of carbonyl (C=O) groups excluding carboxylic acids is 2. The second kappa shape index (κ2) is 8.87. The van der Waals surface area contributed by atoms with Gasteiger partial charge in [-0.1, -0.05) is 50.1 Å². The SMILES string of the molecule is C/C1=C/C=C(/C(C)C)C(=O)C/C(C)=C\CC[C@H](C)CC(=O)C1. The predicted molar refractivity (Wildman–Crippen MR) is 92.7 cm³/mol. The lowest BCUT2D eigenvalue weighted by atomic mass is 9.91. The van der Waals surface area contributed by atoms with E-state index in [0.717, 1.165) is 29.6 Å². The lowest BCUT2D eigenvalue weighted by molar-refractivity contribution is -0.119. The first-order chi connectivity index (χ1) is 10.3. The van der Waals surface area contributed by atoms with Gasteiger partial charge in [0.2, 0.25) is 0 Å². The third-order valence-corrected chi connectivity index (χ3v) is 4.14. The largest absolute Gasteiger partial charge is 0.299 e. The zero-order valence-electron chi connectivity index (χ0n) is 14.7. The first kappa shape index (κ1) is 18.6. The van der Waals surface area contributed by atoms with Crippen molar-refractivity contribution in [2.24, 2.45) is 11.8 Å². The van der Waals surface area contributed by atoms with Crippen molar-refractivity contribution in [2.75, 3.05) is 0 Å². The Morgan fingerprint density at radius 3 is 2.36 bits per heavy atom. The lowest BCUT2D eigenvalue weighted by Gasteiger charge is -2.13. The van der Waals surface area contributed by atoms with E-state index in [1.165, 1.54) is 0 Å². The molecular formula is C20H30O2. The van der Waals surface area contributed by atoms with Gasteiger partial charge in [-0.05, 0) is 44.1 Å². The zero-order chi connectivity index (χ0) is 16.7. The molecule has 0 aliphatic heterocycles. The molecule has 1 aliphatic carbocycles. The first-order valence-electron chi connectivity index (χ1n) is 8.37. The molecule has 0 N–H and O–H groups in total. The monoisotopic (exact) mass is 302 g/mol. The number of hydrogen-bond donors (Lipinski definition) is 0. The molecule has 1 rings (SSSR count). The van der Waals surface area contributed by atoms with Gasteiger partial charge in [-0.3, -0.25) is 9.59 Å². The number of allylic oxidation sites excluding steroid dienone is 6. The summed E-state index contributed by atoms with van der Waals surface area (Å²) in [7, 11) is 0. The Balaban J connectivity index is 3.06. The molecule has 0 radical (unpaired) electrons. The average molecular weight is 302 g/mol. The van der Waals surface area contributed by atoms with Crippen molar-refractivity contribution in [1.82, 2.24) is 0 Å². The van der Waals surface area contributed by atoms with E-state index in [2.05, 4.69) is 13.0 Å². The molecule has 0 unspecified atom stereocenters. The summed E-state index contributed by atoms with van der Waals surface area (Å²) in [6.07, 6.45) is 9.62. The van der Waals surface area contributed by atoms with E-state index in [4.69, 9.17) is 0 Å². The van der Waals surface area contributed by atoms with Crippen molar-refractivity contribution in [2.45, 2.75) is 66.7 Å². The van der Waals surface area contributed by atoms with E-state index in [0.29, 0.717) is 31.0 Å². The van der Waals surface area contributed by atoms with Crippen molar-refractivity contribution in [3.05, 3.63) is 34.9 Å². The molecule has 1 aliphatic rings. The molecule has 0 saturated heterocycles. The normalized spacial score (nSPS) is 29.9. The molecule has 2 heteroatoms. The van der Waals surface area contributed by atoms with E-state index in [1.54, 1.807) is 0 Å². The summed E-state index contributed by atoms with van der Waals surface area (Å²) in [5.41, 5.74) is 3.02. The Hall–Kier alpha value is -1.44. The van der Waals surface area contributed by atoms with Crippen LogP contribution in [0.5, 0.6) is 0 Å². The van der Waals surface area contributed by atoms with Crippen LogP contribution < -0.4 is 0 Å². The Labute approximate surface area is 135 Å². The molecule has 2 nitrogen and oxygen atoms in total. The highest BCUT2D eigenvalue weighted by Gasteiger charge is 2.14. The highest BCUT2D eigenvalue weighted by molar-refractivity contribution is 5.97. The molecule has 0 fully saturated rings. The zero-order valence-corrected chi connectivity index (χ0v) is 14.7. The number of carbonyl (C=O) groups is 2. The Morgan fingerprint density at radius 2 is 1.73 bits per heavy atom. The van der Waals surface area contributed by atoms with E-state index in [-0.39, 0.29) is 11.7 Å². The van der Waals surface area contributed by atoms with Crippen LogP contribution in [0.3, 0.4) is 0 Å². The minimum atomic E-state index is 0.198. The van der Waals surface area contributed by atoms with Gasteiger partial charge in [0.05, 0.1) is 0 Å². The molecule has 0 saturated carbocycles. The Morgan fingerprint density at radius 1 is 1.05 bits per heavy atom. The minimum absolute atomic E-state index is 0.198. The number of ketones is 2. The lowest BCUT2D eigenvalue weighted by Crippen LogP contribution is -2.10. The molecular weight excluding hydrogens is 272 g/mol. The summed E-state index contributed by atoms with van der Waals surface area (Å²) in [6, 6.07) is 0. The average Bonchev–Trinajstić information content (AvgIpc) is 2.36. The highest BCUT2D eigenvalue weighted by atomic mass is 16.1. The van der Waals surface area contributed by atoms with Crippen molar-refractivity contribution < 1.29 is 9.59 Å². The molecule has 0 bridgehead atoms. The third kappa shape index (κ3) is 6.55. The molecule has 0 spiro atoms. The maximum absolute atomic E-state index is 12.5. The molecule has 1 atom stereocenters. The summed E-state index contributed by atoms with van der Waals surface area (Å²) in [4.78, 5) is 24.5. The summed E-state index contributed by atoms with van der Waals surface area (Å²) in [5, 5.41) is 0. The predicted octanol–water partition coefficient (Wildman–Crippen LogP) is 5.20. The van der Waals surface area contributed by atoms with Gasteiger partial charge in [-0.15, -0.1) is 0 Å². The standard InChI is InChI=1S/C20H30O2/c1-14(2)19-10-9-17(5)12-18(21)11-15(3)7-6-8-16(4)13-20(19)22/h8-10,14-15H,6-7,11-13H2,1-5H3/b16-8-,17-9-,19-10-/t15-/m0/s1. The maximum Gasteiger partial charge on any atom is 0.163 e. The number of Topliss-reactive ketones (excluding diaryl/α,β-unsaturated/α-hetero) is 2. The topological polar surface area (TPSA) is 34.1 Å². The van der Waals surface area contributed by atoms with Crippen LogP contribution in [0.1, 0.15) is 66.7 Å². The van der Waals surface area contributed by atoms with Gasteiger partial charge in [0.15, 0.2) is 5.78 Å². The van der Waals surface area contributed by atoms with E-state index < -0.39 is 0 Å². The van der Waals surface area contributed by atoms with Gasteiger partial charge in [-0.25, -0.2) is 0 Å². The van der Waals surface area contributed by atoms with Gasteiger partial charge >= 0.3 is 0 Å².